The third-order valence-corrected chi connectivity index (χ3v) is 4.91. The summed E-state index contributed by atoms with van der Waals surface area (Å²) < 4.78 is 0. The van der Waals surface area contributed by atoms with Crippen LogP contribution >= 0.6 is 0 Å². The molecule has 4 nitrogen and oxygen atoms in total. The van der Waals surface area contributed by atoms with E-state index in [0.717, 1.165) is 19.3 Å². The second-order valence-corrected chi connectivity index (χ2v) is 6.70. The van der Waals surface area contributed by atoms with Crippen LogP contribution < -0.4 is 5.32 Å². The maximum absolute atomic E-state index is 12.6. The molecule has 0 spiro atoms. The minimum absolute atomic E-state index is 0.0169. The van der Waals surface area contributed by atoms with E-state index >= 15 is 0 Å². The summed E-state index contributed by atoms with van der Waals surface area (Å²) in [6.07, 6.45) is 6.95. The lowest BCUT2D eigenvalue weighted by molar-refractivity contribution is -0.140. The van der Waals surface area contributed by atoms with Crippen molar-refractivity contribution in [2.75, 3.05) is 6.54 Å². The Labute approximate surface area is 145 Å². The van der Waals surface area contributed by atoms with Gasteiger partial charge in [0.15, 0.2) is 0 Å². The number of benzene rings is 1. The van der Waals surface area contributed by atoms with Gasteiger partial charge < -0.3 is 10.2 Å². The lowest BCUT2D eigenvalue weighted by Gasteiger charge is -2.31. The molecule has 0 aromatic heterocycles. The highest BCUT2D eigenvalue weighted by Gasteiger charge is 2.26. The molecule has 0 bridgehead atoms. The molecule has 1 saturated carbocycles. The first-order chi connectivity index (χ1) is 11.6. The molecule has 0 radical (unpaired) electrons. The lowest BCUT2D eigenvalue weighted by atomic mass is 9.95. The number of carbonyl (C=O) groups is 2. The maximum Gasteiger partial charge on any atom is 0.242 e. The summed E-state index contributed by atoms with van der Waals surface area (Å²) in [6.45, 7) is 4.27. The molecule has 24 heavy (non-hydrogen) atoms. The van der Waals surface area contributed by atoms with Crippen molar-refractivity contribution in [1.29, 1.82) is 0 Å². The standard InChI is InChI=1S/C20H30N2O2/c1-3-19(23)22(15-14-17-10-6-4-7-11-17)16(2)20(24)21-18-12-8-5-9-13-18/h4,6-7,10-11,16,18H,3,5,8-9,12-15H2,1-2H3,(H,21,24)/t16-/m1/s1. The lowest BCUT2D eigenvalue weighted by Crippen LogP contribution is -2.51. The van der Waals surface area contributed by atoms with Crippen LogP contribution in [0.4, 0.5) is 0 Å². The van der Waals surface area contributed by atoms with Gasteiger partial charge in [-0.15, -0.1) is 0 Å². The molecule has 0 aliphatic heterocycles. The summed E-state index contributed by atoms with van der Waals surface area (Å²) in [7, 11) is 0. The zero-order chi connectivity index (χ0) is 17.4. The fraction of sp³-hybridized carbons (Fsp3) is 0.600. The summed E-state index contributed by atoms with van der Waals surface area (Å²) in [6, 6.07) is 9.96. The predicted molar refractivity (Wildman–Crippen MR) is 96.6 cm³/mol. The zero-order valence-corrected chi connectivity index (χ0v) is 15.0. The van der Waals surface area contributed by atoms with Crippen molar-refractivity contribution in [1.82, 2.24) is 10.2 Å². The monoisotopic (exact) mass is 330 g/mol. The molecule has 0 heterocycles. The van der Waals surface area contributed by atoms with Gasteiger partial charge >= 0.3 is 0 Å². The molecule has 1 aliphatic carbocycles. The van der Waals surface area contributed by atoms with Gasteiger partial charge in [-0.3, -0.25) is 9.59 Å². The number of carbonyl (C=O) groups excluding carboxylic acids is 2. The number of nitrogens with one attached hydrogen (secondary N) is 1. The van der Waals surface area contributed by atoms with Crippen LogP contribution in [-0.2, 0) is 16.0 Å². The smallest absolute Gasteiger partial charge is 0.242 e. The van der Waals surface area contributed by atoms with Crippen molar-refractivity contribution < 1.29 is 9.59 Å². The SMILES string of the molecule is CCC(=O)N(CCc1ccccc1)[C@H](C)C(=O)NC1CCCCC1. The second-order valence-electron chi connectivity index (χ2n) is 6.70. The van der Waals surface area contributed by atoms with Crippen molar-refractivity contribution in [3.05, 3.63) is 35.9 Å². The highest BCUT2D eigenvalue weighted by molar-refractivity contribution is 5.87. The van der Waals surface area contributed by atoms with E-state index < -0.39 is 6.04 Å². The Morgan fingerprint density at radius 2 is 1.83 bits per heavy atom. The number of hydrogen-bond donors (Lipinski definition) is 1. The van der Waals surface area contributed by atoms with Crippen molar-refractivity contribution in [2.45, 2.75) is 70.9 Å². The molecular weight excluding hydrogens is 300 g/mol. The van der Waals surface area contributed by atoms with Gasteiger partial charge in [0.1, 0.15) is 6.04 Å². The van der Waals surface area contributed by atoms with Crippen LogP contribution in [0.3, 0.4) is 0 Å². The molecule has 1 aromatic rings. The van der Waals surface area contributed by atoms with E-state index in [4.69, 9.17) is 0 Å². The maximum atomic E-state index is 12.6. The van der Waals surface area contributed by atoms with Gasteiger partial charge in [-0.25, -0.2) is 0 Å². The van der Waals surface area contributed by atoms with Gasteiger partial charge in [0.2, 0.25) is 11.8 Å². The van der Waals surface area contributed by atoms with Crippen LogP contribution in [0.5, 0.6) is 0 Å². The molecule has 2 rings (SSSR count). The molecule has 4 heteroatoms. The number of nitrogens with zero attached hydrogens (tertiary/aromatic N) is 1. The largest absolute Gasteiger partial charge is 0.352 e. The molecule has 132 valence electrons. The molecule has 1 N–H and O–H groups in total. The first-order valence-electron chi connectivity index (χ1n) is 9.25. The average molecular weight is 330 g/mol. The van der Waals surface area contributed by atoms with Crippen molar-refractivity contribution in [3.63, 3.8) is 0 Å². The normalized spacial score (nSPS) is 16.4. The minimum Gasteiger partial charge on any atom is -0.352 e. The summed E-state index contributed by atoms with van der Waals surface area (Å²) in [5, 5.41) is 3.14. The number of rotatable bonds is 7. The van der Waals surface area contributed by atoms with Gasteiger partial charge in [-0.05, 0) is 31.7 Å². The quantitative estimate of drug-likeness (QED) is 0.834. The van der Waals surface area contributed by atoms with E-state index in [1.54, 1.807) is 4.90 Å². The molecule has 0 unspecified atom stereocenters. The van der Waals surface area contributed by atoms with E-state index in [0.29, 0.717) is 13.0 Å². The topological polar surface area (TPSA) is 49.4 Å². The Morgan fingerprint density at radius 1 is 1.17 bits per heavy atom. The van der Waals surface area contributed by atoms with E-state index in [9.17, 15) is 9.59 Å². The number of hydrogen-bond acceptors (Lipinski definition) is 2. The van der Waals surface area contributed by atoms with Crippen molar-refractivity contribution in [3.8, 4) is 0 Å². The Bertz CT molecular complexity index is 524. The van der Waals surface area contributed by atoms with Gasteiger partial charge in [0.25, 0.3) is 0 Å². The van der Waals surface area contributed by atoms with Crippen LogP contribution in [0.25, 0.3) is 0 Å². The van der Waals surface area contributed by atoms with Crippen molar-refractivity contribution >= 4 is 11.8 Å². The summed E-state index contributed by atoms with van der Waals surface area (Å²) in [5.74, 6) is 0.0222. The summed E-state index contributed by atoms with van der Waals surface area (Å²) in [4.78, 5) is 26.6. The Kier molecular flexibility index (Phi) is 7.29. The minimum atomic E-state index is -0.414. The van der Waals surface area contributed by atoms with E-state index in [1.165, 1.54) is 24.8 Å². The van der Waals surface area contributed by atoms with E-state index in [1.807, 2.05) is 32.0 Å². The molecular formula is C20H30N2O2. The van der Waals surface area contributed by atoms with Crippen LogP contribution in [-0.4, -0.2) is 35.3 Å². The van der Waals surface area contributed by atoms with Crippen molar-refractivity contribution in [2.24, 2.45) is 0 Å². The van der Waals surface area contributed by atoms with Crippen LogP contribution in [0, 0.1) is 0 Å². The van der Waals surface area contributed by atoms with Gasteiger partial charge in [-0.2, -0.15) is 0 Å². The van der Waals surface area contributed by atoms with Gasteiger partial charge in [0.05, 0.1) is 0 Å². The summed E-state index contributed by atoms with van der Waals surface area (Å²) >= 11 is 0. The molecule has 1 atom stereocenters. The third-order valence-electron chi connectivity index (χ3n) is 4.91. The number of amides is 2. The zero-order valence-electron chi connectivity index (χ0n) is 15.0. The second kappa shape index (κ2) is 9.45. The Morgan fingerprint density at radius 3 is 2.46 bits per heavy atom. The third kappa shape index (κ3) is 5.36. The summed E-state index contributed by atoms with van der Waals surface area (Å²) in [5.41, 5.74) is 1.19. The van der Waals surface area contributed by atoms with E-state index in [-0.39, 0.29) is 17.9 Å². The Balaban J connectivity index is 1.94. The predicted octanol–water partition coefficient (Wildman–Crippen LogP) is 3.31. The fourth-order valence-electron chi connectivity index (χ4n) is 3.34. The molecule has 0 saturated heterocycles. The highest BCUT2D eigenvalue weighted by atomic mass is 16.2. The fourth-order valence-corrected chi connectivity index (χ4v) is 3.34. The molecule has 1 aromatic carbocycles. The molecule has 2 amide bonds. The molecule has 1 fully saturated rings. The Hall–Kier alpha value is -1.84. The van der Waals surface area contributed by atoms with Crippen LogP contribution in [0.2, 0.25) is 0 Å². The average Bonchev–Trinajstić information content (AvgIpc) is 2.63. The first kappa shape index (κ1) is 18.5. The molecule has 1 aliphatic rings. The first-order valence-corrected chi connectivity index (χ1v) is 9.25. The van der Waals surface area contributed by atoms with Gasteiger partial charge in [-0.1, -0.05) is 56.5 Å². The highest BCUT2D eigenvalue weighted by Crippen LogP contribution is 2.18. The van der Waals surface area contributed by atoms with Crippen LogP contribution in [0.15, 0.2) is 30.3 Å². The van der Waals surface area contributed by atoms with E-state index in [2.05, 4.69) is 17.4 Å². The van der Waals surface area contributed by atoms with Gasteiger partial charge in [0, 0.05) is 19.0 Å². The van der Waals surface area contributed by atoms with Crippen LogP contribution in [0.1, 0.15) is 57.9 Å².